The Bertz CT molecular complexity index is 248. The maximum absolute atomic E-state index is 10.2. The second-order valence-electron chi connectivity index (χ2n) is 1.78. The van der Waals surface area contributed by atoms with Gasteiger partial charge in [0.2, 0.25) is 0 Å². The first-order chi connectivity index (χ1) is 5.18. The SMILES string of the molecule is CCC(=O)C(C)=O.O=S(=O)(O)O.[Cu]. The van der Waals surface area contributed by atoms with Gasteiger partial charge < -0.3 is 0 Å². The monoisotopic (exact) mass is 261 g/mol. The molecule has 0 rings (SSSR count). The van der Waals surface area contributed by atoms with Gasteiger partial charge in [0.1, 0.15) is 0 Å². The molecule has 8 heteroatoms. The molecule has 1 radical (unpaired) electrons. The Morgan fingerprint density at radius 3 is 1.46 bits per heavy atom. The van der Waals surface area contributed by atoms with Gasteiger partial charge in [-0.25, -0.2) is 0 Å². The average molecular weight is 262 g/mol. The Kier molecular flexibility index (Phi) is 11.9. The number of ketones is 2. The largest absolute Gasteiger partial charge is 0.394 e. The van der Waals surface area contributed by atoms with Crippen LogP contribution in [0.15, 0.2) is 0 Å². The zero-order chi connectivity index (χ0) is 10.4. The van der Waals surface area contributed by atoms with Crippen LogP contribution >= 0.6 is 0 Å². The van der Waals surface area contributed by atoms with E-state index in [0.29, 0.717) is 6.42 Å². The molecular weight excluding hydrogens is 252 g/mol. The molecule has 0 aromatic rings. The van der Waals surface area contributed by atoms with Gasteiger partial charge in [0, 0.05) is 30.4 Å². The van der Waals surface area contributed by atoms with Crippen molar-refractivity contribution in [3.05, 3.63) is 0 Å². The molecule has 0 aliphatic carbocycles. The Morgan fingerprint density at radius 2 is 1.46 bits per heavy atom. The Balaban J connectivity index is -0.000000150. The second kappa shape index (κ2) is 8.33. The number of carbonyl (C=O) groups excluding carboxylic acids is 2. The van der Waals surface area contributed by atoms with Gasteiger partial charge in [-0.2, -0.15) is 8.42 Å². The van der Waals surface area contributed by atoms with E-state index in [-0.39, 0.29) is 28.6 Å². The van der Waals surface area contributed by atoms with Gasteiger partial charge in [0.25, 0.3) is 0 Å². The van der Waals surface area contributed by atoms with Gasteiger partial charge >= 0.3 is 10.4 Å². The van der Waals surface area contributed by atoms with Crippen molar-refractivity contribution in [1.29, 1.82) is 0 Å². The van der Waals surface area contributed by atoms with Crippen LogP contribution < -0.4 is 0 Å². The number of carbonyl (C=O) groups is 2. The van der Waals surface area contributed by atoms with Gasteiger partial charge in [-0.3, -0.25) is 18.7 Å². The minimum Gasteiger partial charge on any atom is -0.291 e. The van der Waals surface area contributed by atoms with Crippen molar-refractivity contribution in [3.8, 4) is 0 Å². The third kappa shape index (κ3) is 33.8. The smallest absolute Gasteiger partial charge is 0.291 e. The third-order valence-electron chi connectivity index (χ3n) is 0.714. The van der Waals surface area contributed by atoms with E-state index in [9.17, 15) is 9.59 Å². The molecule has 0 saturated heterocycles. The molecule has 0 unspecified atom stereocenters. The van der Waals surface area contributed by atoms with E-state index in [0.717, 1.165) is 0 Å². The quantitative estimate of drug-likeness (QED) is 0.408. The molecule has 0 saturated carbocycles. The van der Waals surface area contributed by atoms with Crippen LogP contribution in [0.5, 0.6) is 0 Å². The minimum absolute atomic E-state index is 0. The van der Waals surface area contributed by atoms with Crippen LogP contribution in [0, 0.1) is 0 Å². The Labute approximate surface area is 86.8 Å². The summed E-state index contributed by atoms with van der Waals surface area (Å²) in [5, 5.41) is 0. The van der Waals surface area contributed by atoms with Gasteiger partial charge in [0.15, 0.2) is 11.6 Å². The fourth-order valence-electron chi connectivity index (χ4n) is 0.249. The minimum atomic E-state index is -4.67. The maximum atomic E-state index is 10.2. The van der Waals surface area contributed by atoms with Crippen molar-refractivity contribution in [2.45, 2.75) is 20.3 Å². The summed E-state index contributed by atoms with van der Waals surface area (Å²) in [6.45, 7) is 2.95. The fraction of sp³-hybridized carbons (Fsp3) is 0.600. The van der Waals surface area contributed by atoms with E-state index in [1.807, 2.05) is 0 Å². The molecular formula is C5H10CuO6S. The molecule has 13 heavy (non-hydrogen) atoms. The van der Waals surface area contributed by atoms with Crippen LogP contribution in [0.1, 0.15) is 20.3 Å². The predicted molar refractivity (Wildman–Crippen MR) is 40.2 cm³/mol. The van der Waals surface area contributed by atoms with Crippen LogP contribution in [0.3, 0.4) is 0 Å². The molecule has 0 amide bonds. The maximum Gasteiger partial charge on any atom is 0.394 e. The molecule has 2 N–H and O–H groups in total. The Hall–Kier alpha value is -0.271. The summed E-state index contributed by atoms with van der Waals surface area (Å²) in [5.74, 6) is -0.637. The van der Waals surface area contributed by atoms with Gasteiger partial charge in [-0.1, -0.05) is 6.92 Å². The van der Waals surface area contributed by atoms with E-state index < -0.39 is 10.4 Å². The molecule has 83 valence electrons. The molecule has 0 aromatic heterocycles. The first-order valence-electron chi connectivity index (χ1n) is 2.92. The number of hydrogen-bond acceptors (Lipinski definition) is 4. The first kappa shape index (κ1) is 18.5. The van der Waals surface area contributed by atoms with Crippen molar-refractivity contribution in [2.24, 2.45) is 0 Å². The molecule has 0 aliphatic heterocycles. The van der Waals surface area contributed by atoms with E-state index in [2.05, 4.69) is 0 Å². The standard InChI is InChI=1S/C5H8O2.Cu.H2O4S/c1-3-5(7)4(2)6;;1-5(2,3)4/h3H2,1-2H3;;(H2,1,2,3,4). The molecule has 0 spiro atoms. The van der Waals surface area contributed by atoms with Crippen LogP contribution in [-0.4, -0.2) is 29.1 Å². The van der Waals surface area contributed by atoms with Gasteiger partial charge in [0.05, 0.1) is 0 Å². The summed E-state index contributed by atoms with van der Waals surface area (Å²) in [6.07, 6.45) is 0.329. The first-order valence-corrected chi connectivity index (χ1v) is 4.31. The third-order valence-corrected chi connectivity index (χ3v) is 0.714. The average Bonchev–Trinajstić information content (AvgIpc) is 1.82. The second-order valence-corrected chi connectivity index (χ2v) is 2.68. The van der Waals surface area contributed by atoms with Crippen molar-refractivity contribution in [1.82, 2.24) is 0 Å². The number of rotatable bonds is 2. The van der Waals surface area contributed by atoms with Gasteiger partial charge in [-0.15, -0.1) is 0 Å². The van der Waals surface area contributed by atoms with E-state index in [4.69, 9.17) is 17.5 Å². The van der Waals surface area contributed by atoms with E-state index >= 15 is 0 Å². The summed E-state index contributed by atoms with van der Waals surface area (Å²) in [6, 6.07) is 0. The van der Waals surface area contributed by atoms with Crippen LogP contribution in [0.4, 0.5) is 0 Å². The number of Topliss-reactive ketones (excluding diaryl/α,β-unsaturated/α-hetero) is 2. The summed E-state index contributed by atoms with van der Waals surface area (Å²) in [4.78, 5) is 20.2. The number of hydrogen-bond donors (Lipinski definition) is 2. The fourth-order valence-corrected chi connectivity index (χ4v) is 0.249. The normalized spacial score (nSPS) is 8.92. The zero-order valence-electron chi connectivity index (χ0n) is 6.94. The van der Waals surface area contributed by atoms with Crippen molar-refractivity contribution in [2.75, 3.05) is 0 Å². The van der Waals surface area contributed by atoms with Gasteiger partial charge in [-0.05, 0) is 0 Å². The van der Waals surface area contributed by atoms with Crippen molar-refractivity contribution < 1.29 is 44.2 Å². The van der Waals surface area contributed by atoms with Crippen LogP contribution in [-0.2, 0) is 37.1 Å². The van der Waals surface area contributed by atoms with Crippen LogP contribution in [0.2, 0.25) is 0 Å². The Morgan fingerprint density at radius 1 is 1.23 bits per heavy atom. The van der Waals surface area contributed by atoms with Crippen molar-refractivity contribution in [3.63, 3.8) is 0 Å². The summed E-state index contributed by atoms with van der Waals surface area (Å²) in [5.41, 5.74) is 0. The molecule has 0 bridgehead atoms. The molecule has 0 aliphatic rings. The molecule has 0 heterocycles. The topological polar surface area (TPSA) is 109 Å². The zero-order valence-corrected chi connectivity index (χ0v) is 8.70. The molecule has 0 aromatic carbocycles. The van der Waals surface area contributed by atoms with Crippen LogP contribution in [0.25, 0.3) is 0 Å². The summed E-state index contributed by atoms with van der Waals surface area (Å²) in [7, 11) is -4.67. The van der Waals surface area contributed by atoms with Crippen molar-refractivity contribution >= 4 is 22.0 Å². The summed E-state index contributed by atoms with van der Waals surface area (Å²) < 4.78 is 31.6. The predicted octanol–water partition coefficient (Wildman–Crippen LogP) is -0.101. The molecule has 0 atom stereocenters. The van der Waals surface area contributed by atoms with E-state index in [1.165, 1.54) is 6.92 Å². The summed E-state index contributed by atoms with van der Waals surface area (Å²) >= 11 is 0. The van der Waals surface area contributed by atoms with E-state index in [1.54, 1.807) is 6.92 Å². The molecule has 0 fully saturated rings. The molecule has 6 nitrogen and oxygen atoms in total.